The molecule has 106 valence electrons. The van der Waals surface area contributed by atoms with Crippen LogP contribution in [0.1, 0.15) is 5.56 Å². The third-order valence-electron chi connectivity index (χ3n) is 3.41. The Morgan fingerprint density at radius 3 is 2.62 bits per heavy atom. The third kappa shape index (κ3) is 2.94. The number of imidazole rings is 1. The molecule has 4 heteroatoms. The SMILES string of the molecule is CN(Cc1ccc(-n2ccnc2)c(F)c1)c1ccccc1. The van der Waals surface area contributed by atoms with Gasteiger partial charge in [-0.15, -0.1) is 0 Å². The molecule has 0 aliphatic heterocycles. The summed E-state index contributed by atoms with van der Waals surface area (Å²) in [7, 11) is 2.00. The lowest BCUT2D eigenvalue weighted by atomic mass is 10.1. The summed E-state index contributed by atoms with van der Waals surface area (Å²) in [5.74, 6) is -0.244. The molecule has 0 saturated heterocycles. The molecular formula is C17H16FN3. The van der Waals surface area contributed by atoms with Crippen LogP contribution in [0, 0.1) is 5.82 Å². The van der Waals surface area contributed by atoms with Gasteiger partial charge in [0.25, 0.3) is 0 Å². The first-order valence-corrected chi connectivity index (χ1v) is 6.77. The maximum Gasteiger partial charge on any atom is 0.147 e. The minimum atomic E-state index is -0.244. The van der Waals surface area contributed by atoms with Gasteiger partial charge in [0, 0.05) is 31.7 Å². The van der Waals surface area contributed by atoms with Crippen molar-refractivity contribution in [1.29, 1.82) is 0 Å². The topological polar surface area (TPSA) is 21.1 Å². The zero-order valence-electron chi connectivity index (χ0n) is 11.8. The highest BCUT2D eigenvalue weighted by molar-refractivity contribution is 5.46. The Hall–Kier alpha value is -2.62. The summed E-state index contributed by atoms with van der Waals surface area (Å²) in [6.45, 7) is 0.658. The number of rotatable bonds is 4. The lowest BCUT2D eigenvalue weighted by molar-refractivity contribution is 0.615. The standard InChI is InChI=1S/C17H16FN3/c1-20(15-5-3-2-4-6-15)12-14-7-8-17(16(18)11-14)21-10-9-19-13-21/h2-11,13H,12H2,1H3. The van der Waals surface area contributed by atoms with Crippen LogP contribution in [0.5, 0.6) is 0 Å². The van der Waals surface area contributed by atoms with Crippen LogP contribution in [-0.4, -0.2) is 16.6 Å². The molecule has 3 aromatic rings. The van der Waals surface area contributed by atoms with E-state index in [0.717, 1.165) is 11.3 Å². The van der Waals surface area contributed by atoms with Crippen LogP contribution in [0.15, 0.2) is 67.3 Å². The van der Waals surface area contributed by atoms with Gasteiger partial charge in [-0.2, -0.15) is 0 Å². The van der Waals surface area contributed by atoms with Crippen LogP contribution in [0.2, 0.25) is 0 Å². The molecule has 0 spiro atoms. The van der Waals surface area contributed by atoms with Gasteiger partial charge in [0.1, 0.15) is 5.82 Å². The second-order valence-corrected chi connectivity index (χ2v) is 4.95. The molecule has 0 saturated carbocycles. The van der Waals surface area contributed by atoms with Crippen LogP contribution < -0.4 is 4.90 Å². The van der Waals surface area contributed by atoms with Gasteiger partial charge in [0.05, 0.1) is 12.0 Å². The molecule has 0 bridgehead atoms. The molecule has 3 rings (SSSR count). The highest BCUT2D eigenvalue weighted by atomic mass is 19.1. The van der Waals surface area contributed by atoms with E-state index in [1.165, 1.54) is 0 Å². The van der Waals surface area contributed by atoms with Crippen LogP contribution in [0.4, 0.5) is 10.1 Å². The second kappa shape index (κ2) is 5.79. The summed E-state index contributed by atoms with van der Waals surface area (Å²) < 4.78 is 15.9. The summed E-state index contributed by atoms with van der Waals surface area (Å²) in [6.07, 6.45) is 4.96. The number of para-hydroxylation sites is 1. The largest absolute Gasteiger partial charge is 0.370 e. The van der Waals surface area contributed by atoms with Gasteiger partial charge in [0.15, 0.2) is 0 Å². The van der Waals surface area contributed by atoms with Crippen molar-refractivity contribution in [3.05, 3.63) is 78.6 Å². The Labute approximate surface area is 123 Å². The van der Waals surface area contributed by atoms with Gasteiger partial charge in [-0.25, -0.2) is 9.37 Å². The number of hydrogen-bond donors (Lipinski definition) is 0. The summed E-state index contributed by atoms with van der Waals surface area (Å²) >= 11 is 0. The first-order valence-electron chi connectivity index (χ1n) is 6.77. The van der Waals surface area contributed by atoms with Gasteiger partial charge >= 0.3 is 0 Å². The Morgan fingerprint density at radius 2 is 1.95 bits per heavy atom. The van der Waals surface area contributed by atoms with E-state index in [0.29, 0.717) is 12.2 Å². The van der Waals surface area contributed by atoms with Crippen LogP contribution in [0.25, 0.3) is 5.69 Å². The Morgan fingerprint density at radius 1 is 1.14 bits per heavy atom. The smallest absolute Gasteiger partial charge is 0.147 e. The van der Waals surface area contributed by atoms with E-state index in [2.05, 4.69) is 9.88 Å². The molecule has 0 aliphatic rings. The molecule has 0 aliphatic carbocycles. The fourth-order valence-corrected chi connectivity index (χ4v) is 2.31. The lowest BCUT2D eigenvalue weighted by Crippen LogP contribution is -2.16. The Bertz CT molecular complexity index is 708. The van der Waals surface area contributed by atoms with E-state index in [1.807, 2.05) is 43.4 Å². The molecule has 3 nitrogen and oxygen atoms in total. The average Bonchev–Trinajstić information content (AvgIpc) is 3.02. The third-order valence-corrected chi connectivity index (χ3v) is 3.41. The second-order valence-electron chi connectivity index (χ2n) is 4.95. The normalized spacial score (nSPS) is 10.6. The number of nitrogens with zero attached hydrogens (tertiary/aromatic N) is 3. The van der Waals surface area contributed by atoms with E-state index >= 15 is 0 Å². The number of aromatic nitrogens is 2. The minimum absolute atomic E-state index is 0.244. The van der Waals surface area contributed by atoms with E-state index in [9.17, 15) is 4.39 Å². The molecule has 1 aromatic heterocycles. The zero-order valence-corrected chi connectivity index (χ0v) is 11.8. The lowest BCUT2D eigenvalue weighted by Gasteiger charge is -2.19. The van der Waals surface area contributed by atoms with E-state index in [4.69, 9.17) is 0 Å². The fraction of sp³-hybridized carbons (Fsp3) is 0.118. The van der Waals surface area contributed by atoms with Crippen molar-refractivity contribution in [1.82, 2.24) is 9.55 Å². The Kier molecular flexibility index (Phi) is 3.69. The maximum atomic E-state index is 14.2. The number of anilines is 1. The minimum Gasteiger partial charge on any atom is -0.370 e. The molecule has 0 unspecified atom stereocenters. The van der Waals surface area contributed by atoms with Gasteiger partial charge in [-0.1, -0.05) is 24.3 Å². The first-order chi connectivity index (χ1) is 10.2. The fourth-order valence-electron chi connectivity index (χ4n) is 2.31. The predicted octanol–water partition coefficient (Wildman–Crippen LogP) is 3.65. The number of hydrogen-bond acceptors (Lipinski definition) is 2. The molecule has 0 amide bonds. The van der Waals surface area contributed by atoms with Crippen molar-refractivity contribution >= 4 is 5.69 Å². The van der Waals surface area contributed by atoms with Crippen LogP contribution in [-0.2, 0) is 6.54 Å². The summed E-state index contributed by atoms with van der Waals surface area (Å²) in [5, 5.41) is 0. The molecule has 2 aromatic carbocycles. The van der Waals surface area contributed by atoms with Crippen molar-refractivity contribution in [3.8, 4) is 5.69 Å². The van der Waals surface area contributed by atoms with Crippen molar-refractivity contribution in [2.45, 2.75) is 6.54 Å². The highest BCUT2D eigenvalue weighted by Crippen LogP contribution is 2.18. The summed E-state index contributed by atoms with van der Waals surface area (Å²) in [5.41, 5.74) is 2.55. The van der Waals surface area contributed by atoms with Crippen molar-refractivity contribution in [2.75, 3.05) is 11.9 Å². The molecule has 21 heavy (non-hydrogen) atoms. The first kappa shape index (κ1) is 13.4. The zero-order chi connectivity index (χ0) is 14.7. The highest BCUT2D eigenvalue weighted by Gasteiger charge is 2.07. The van der Waals surface area contributed by atoms with Gasteiger partial charge in [-0.3, -0.25) is 0 Å². The monoisotopic (exact) mass is 281 g/mol. The van der Waals surface area contributed by atoms with Gasteiger partial charge < -0.3 is 9.47 Å². The van der Waals surface area contributed by atoms with Gasteiger partial charge in [0.2, 0.25) is 0 Å². The van der Waals surface area contributed by atoms with Crippen molar-refractivity contribution in [3.63, 3.8) is 0 Å². The predicted molar refractivity (Wildman–Crippen MR) is 82.1 cm³/mol. The van der Waals surface area contributed by atoms with E-state index in [1.54, 1.807) is 35.4 Å². The van der Waals surface area contributed by atoms with Crippen LogP contribution >= 0.6 is 0 Å². The quantitative estimate of drug-likeness (QED) is 0.728. The van der Waals surface area contributed by atoms with E-state index < -0.39 is 0 Å². The maximum absolute atomic E-state index is 14.2. The number of halogens is 1. The Balaban J connectivity index is 1.80. The molecular weight excluding hydrogens is 265 g/mol. The molecule has 0 atom stereocenters. The van der Waals surface area contributed by atoms with Crippen molar-refractivity contribution < 1.29 is 4.39 Å². The van der Waals surface area contributed by atoms with Gasteiger partial charge in [-0.05, 0) is 29.8 Å². The molecule has 0 N–H and O–H groups in total. The molecule has 0 radical (unpaired) electrons. The van der Waals surface area contributed by atoms with Crippen LogP contribution in [0.3, 0.4) is 0 Å². The van der Waals surface area contributed by atoms with Crippen molar-refractivity contribution in [2.24, 2.45) is 0 Å². The number of benzene rings is 2. The van der Waals surface area contributed by atoms with E-state index in [-0.39, 0.29) is 5.82 Å². The molecule has 1 heterocycles. The summed E-state index contributed by atoms with van der Waals surface area (Å²) in [4.78, 5) is 6.03. The summed E-state index contributed by atoms with van der Waals surface area (Å²) in [6, 6.07) is 15.4. The average molecular weight is 281 g/mol. The molecule has 0 fully saturated rings.